The first kappa shape index (κ1) is 16.6. The highest BCUT2D eigenvalue weighted by Gasteiger charge is 2.31. The smallest absolute Gasteiger partial charge is 0.131 e. The zero-order valence-electron chi connectivity index (χ0n) is 14.9. The van der Waals surface area contributed by atoms with Crippen LogP contribution < -0.4 is 10.2 Å². The van der Waals surface area contributed by atoms with Crippen molar-refractivity contribution in [3.05, 3.63) is 46.6 Å². The fourth-order valence-electron chi connectivity index (χ4n) is 4.10. The minimum absolute atomic E-state index is 0.0201. The van der Waals surface area contributed by atoms with Gasteiger partial charge >= 0.3 is 0 Å². The maximum Gasteiger partial charge on any atom is 0.131 e. The topological polar surface area (TPSA) is 62.5 Å². The standard InChI is InChI=1S/C19H26N4O2/c1-13-16(19(22(2)21-13)23-7-9-25-10-8-23)12-20-18-15-6-4-3-5-14(15)11-17(18)24/h3-6,17-18,20,24H,7-12H2,1-2H3/t17-,18+/m0/s1. The summed E-state index contributed by atoms with van der Waals surface area (Å²) in [6, 6.07) is 8.28. The van der Waals surface area contributed by atoms with Gasteiger partial charge in [0.1, 0.15) is 5.82 Å². The Morgan fingerprint density at radius 2 is 2.04 bits per heavy atom. The van der Waals surface area contributed by atoms with Crippen LogP contribution in [0.3, 0.4) is 0 Å². The van der Waals surface area contributed by atoms with Crippen molar-refractivity contribution in [2.24, 2.45) is 7.05 Å². The summed E-state index contributed by atoms with van der Waals surface area (Å²) in [7, 11) is 2.00. The van der Waals surface area contributed by atoms with Crippen LogP contribution >= 0.6 is 0 Å². The van der Waals surface area contributed by atoms with E-state index in [1.807, 2.05) is 23.9 Å². The van der Waals surface area contributed by atoms with Gasteiger partial charge in [-0.05, 0) is 18.1 Å². The van der Waals surface area contributed by atoms with Gasteiger partial charge in [0.25, 0.3) is 0 Å². The molecule has 6 nitrogen and oxygen atoms in total. The minimum Gasteiger partial charge on any atom is -0.391 e. The molecule has 6 heteroatoms. The molecular weight excluding hydrogens is 316 g/mol. The van der Waals surface area contributed by atoms with Gasteiger partial charge in [0.2, 0.25) is 0 Å². The van der Waals surface area contributed by atoms with Gasteiger partial charge in [-0.15, -0.1) is 0 Å². The molecule has 1 fully saturated rings. The first-order valence-electron chi connectivity index (χ1n) is 8.99. The Hall–Kier alpha value is -1.89. The van der Waals surface area contributed by atoms with Crippen molar-refractivity contribution in [2.75, 3.05) is 31.2 Å². The maximum atomic E-state index is 10.5. The lowest BCUT2D eigenvalue weighted by atomic mass is 10.1. The molecule has 0 unspecified atom stereocenters. The third-order valence-corrected chi connectivity index (χ3v) is 5.33. The Morgan fingerprint density at radius 1 is 1.28 bits per heavy atom. The van der Waals surface area contributed by atoms with E-state index in [0.29, 0.717) is 6.54 Å². The van der Waals surface area contributed by atoms with E-state index < -0.39 is 0 Å². The van der Waals surface area contributed by atoms with Gasteiger partial charge in [0.05, 0.1) is 31.1 Å². The number of ether oxygens (including phenoxy) is 1. The van der Waals surface area contributed by atoms with Gasteiger partial charge in [-0.2, -0.15) is 5.10 Å². The number of anilines is 1. The lowest BCUT2D eigenvalue weighted by molar-refractivity contribution is 0.122. The normalized spacial score (nSPS) is 23.1. The number of hydrogen-bond acceptors (Lipinski definition) is 5. The van der Waals surface area contributed by atoms with E-state index in [0.717, 1.165) is 44.2 Å². The Kier molecular flexibility index (Phi) is 4.50. The molecule has 134 valence electrons. The molecule has 1 saturated heterocycles. The van der Waals surface area contributed by atoms with Crippen LogP contribution in [0.2, 0.25) is 0 Å². The van der Waals surface area contributed by atoms with Gasteiger partial charge in [-0.1, -0.05) is 24.3 Å². The molecule has 0 bridgehead atoms. The fourth-order valence-corrected chi connectivity index (χ4v) is 4.10. The molecule has 1 aromatic heterocycles. The van der Waals surface area contributed by atoms with Crippen molar-refractivity contribution in [1.29, 1.82) is 0 Å². The van der Waals surface area contributed by atoms with Crippen molar-refractivity contribution in [3.8, 4) is 0 Å². The third-order valence-electron chi connectivity index (χ3n) is 5.33. The second-order valence-electron chi connectivity index (χ2n) is 6.94. The van der Waals surface area contributed by atoms with Gasteiger partial charge < -0.3 is 20.1 Å². The molecule has 2 N–H and O–H groups in total. The summed E-state index contributed by atoms with van der Waals surface area (Å²) in [5.74, 6) is 1.16. The summed E-state index contributed by atoms with van der Waals surface area (Å²) < 4.78 is 7.45. The first-order valence-corrected chi connectivity index (χ1v) is 8.99. The van der Waals surface area contributed by atoms with Crippen molar-refractivity contribution in [3.63, 3.8) is 0 Å². The number of fused-ring (bicyclic) bond motifs is 1. The first-order chi connectivity index (χ1) is 12.1. The van der Waals surface area contributed by atoms with Crippen molar-refractivity contribution in [2.45, 2.75) is 32.0 Å². The van der Waals surface area contributed by atoms with Crippen LogP contribution in [-0.4, -0.2) is 47.3 Å². The van der Waals surface area contributed by atoms with Crippen LogP contribution in [0.1, 0.15) is 28.4 Å². The van der Waals surface area contributed by atoms with Crippen LogP contribution in [0.4, 0.5) is 5.82 Å². The number of nitrogens with one attached hydrogen (secondary N) is 1. The van der Waals surface area contributed by atoms with E-state index in [1.165, 1.54) is 16.7 Å². The SMILES string of the molecule is Cc1nn(C)c(N2CCOCC2)c1CN[C@@H]1c2ccccc2C[C@@H]1O. The number of hydrogen-bond donors (Lipinski definition) is 2. The second-order valence-corrected chi connectivity index (χ2v) is 6.94. The zero-order valence-corrected chi connectivity index (χ0v) is 14.9. The number of nitrogens with zero attached hydrogens (tertiary/aromatic N) is 3. The van der Waals surface area contributed by atoms with E-state index in [1.54, 1.807) is 0 Å². The average Bonchev–Trinajstić information content (AvgIpc) is 3.08. The number of benzene rings is 1. The highest BCUT2D eigenvalue weighted by molar-refractivity contribution is 5.50. The molecule has 25 heavy (non-hydrogen) atoms. The Morgan fingerprint density at radius 3 is 2.84 bits per heavy atom. The molecular formula is C19H26N4O2. The highest BCUT2D eigenvalue weighted by Crippen LogP contribution is 2.32. The highest BCUT2D eigenvalue weighted by atomic mass is 16.5. The average molecular weight is 342 g/mol. The van der Waals surface area contributed by atoms with Crippen molar-refractivity contribution in [1.82, 2.24) is 15.1 Å². The molecule has 4 rings (SSSR count). The largest absolute Gasteiger partial charge is 0.391 e. The monoisotopic (exact) mass is 342 g/mol. The van der Waals surface area contributed by atoms with E-state index in [9.17, 15) is 5.11 Å². The molecule has 1 aliphatic carbocycles. The summed E-state index contributed by atoms with van der Waals surface area (Å²) in [5, 5.41) is 18.7. The van der Waals surface area contributed by atoms with Crippen LogP contribution in [0.15, 0.2) is 24.3 Å². The van der Waals surface area contributed by atoms with Crippen LogP contribution in [0.25, 0.3) is 0 Å². The summed E-state index contributed by atoms with van der Waals surface area (Å²) >= 11 is 0. The number of rotatable bonds is 4. The number of aryl methyl sites for hydroxylation is 2. The molecule has 1 aromatic carbocycles. The van der Waals surface area contributed by atoms with Gasteiger partial charge in [-0.25, -0.2) is 0 Å². The summed E-state index contributed by atoms with van der Waals surface area (Å²) in [6.45, 7) is 6.04. The predicted molar refractivity (Wildman–Crippen MR) is 96.7 cm³/mol. The summed E-state index contributed by atoms with van der Waals surface area (Å²) in [6.07, 6.45) is 0.345. The van der Waals surface area contributed by atoms with Crippen LogP contribution in [0, 0.1) is 6.92 Å². The fraction of sp³-hybridized carbons (Fsp3) is 0.526. The van der Waals surface area contributed by atoms with Gasteiger partial charge in [0, 0.05) is 38.7 Å². The number of aromatic nitrogens is 2. The van der Waals surface area contributed by atoms with E-state index in [4.69, 9.17) is 4.74 Å². The molecule has 0 saturated carbocycles. The third kappa shape index (κ3) is 3.05. The number of aliphatic hydroxyl groups is 1. The van der Waals surface area contributed by atoms with Crippen molar-refractivity contribution >= 4 is 5.82 Å². The van der Waals surface area contributed by atoms with Gasteiger partial charge in [-0.3, -0.25) is 4.68 Å². The molecule has 1 aliphatic heterocycles. The summed E-state index contributed by atoms with van der Waals surface area (Å²) in [5.41, 5.74) is 4.70. The minimum atomic E-state index is -0.374. The number of aliphatic hydroxyl groups excluding tert-OH is 1. The molecule has 0 amide bonds. The molecule has 2 heterocycles. The molecule has 2 atom stereocenters. The predicted octanol–water partition coefficient (Wildman–Crippen LogP) is 1.31. The molecule has 2 aromatic rings. The zero-order chi connectivity index (χ0) is 17.4. The second kappa shape index (κ2) is 6.78. The Bertz CT molecular complexity index is 752. The molecule has 2 aliphatic rings. The lowest BCUT2D eigenvalue weighted by Crippen LogP contribution is -2.38. The molecule has 0 radical (unpaired) electrons. The van der Waals surface area contributed by atoms with Crippen molar-refractivity contribution < 1.29 is 9.84 Å². The van der Waals surface area contributed by atoms with Gasteiger partial charge in [0.15, 0.2) is 0 Å². The summed E-state index contributed by atoms with van der Waals surface area (Å²) in [4.78, 5) is 2.35. The van der Waals surface area contributed by atoms with E-state index >= 15 is 0 Å². The van der Waals surface area contributed by atoms with E-state index in [2.05, 4.69) is 34.4 Å². The Balaban J connectivity index is 1.55. The quantitative estimate of drug-likeness (QED) is 0.877. The van der Waals surface area contributed by atoms with Crippen LogP contribution in [-0.2, 0) is 24.8 Å². The van der Waals surface area contributed by atoms with Crippen LogP contribution in [0.5, 0.6) is 0 Å². The lowest BCUT2D eigenvalue weighted by Gasteiger charge is -2.30. The Labute approximate surface area is 148 Å². The maximum absolute atomic E-state index is 10.5. The van der Waals surface area contributed by atoms with E-state index in [-0.39, 0.29) is 12.1 Å². The molecule has 0 spiro atoms. The number of morpholine rings is 1.